The normalized spacial score (nSPS) is 19.2. The molecular weight excluding hydrogens is 312 g/mol. The van der Waals surface area contributed by atoms with Crippen LogP contribution in [0, 0.1) is 6.92 Å². The Morgan fingerprint density at radius 2 is 1.68 bits per heavy atom. The molecule has 4 nitrogen and oxygen atoms in total. The number of nitrogens with zero attached hydrogens (tertiary/aromatic N) is 2. The number of carbonyl (C=O) groups excluding carboxylic acids is 1. The lowest BCUT2D eigenvalue weighted by Gasteiger charge is -2.38. The third kappa shape index (κ3) is 2.29. The summed E-state index contributed by atoms with van der Waals surface area (Å²) in [6, 6.07) is 10.7. The molecule has 0 bridgehead atoms. The summed E-state index contributed by atoms with van der Waals surface area (Å²) in [6.45, 7) is 8.22. The van der Waals surface area contributed by atoms with E-state index in [0.29, 0.717) is 11.4 Å². The second-order valence-electron chi connectivity index (χ2n) is 7.31. The van der Waals surface area contributed by atoms with Gasteiger partial charge in [0.15, 0.2) is 0 Å². The standard InChI is InChI=1S/C21H20N2O2/c1-12-9-16-13(2)11-21(3,4)23-19(16)17(10-12)18(20(23)25)22-14-5-7-15(24)8-6-14/h5-11,24H,1-4H3. The van der Waals surface area contributed by atoms with Gasteiger partial charge in [-0.05, 0) is 75.2 Å². The summed E-state index contributed by atoms with van der Waals surface area (Å²) in [5.41, 5.74) is 5.93. The Balaban J connectivity index is 1.97. The Morgan fingerprint density at radius 1 is 1.04 bits per heavy atom. The fourth-order valence-corrected chi connectivity index (χ4v) is 3.81. The number of rotatable bonds is 1. The van der Waals surface area contributed by atoms with Gasteiger partial charge >= 0.3 is 0 Å². The second-order valence-corrected chi connectivity index (χ2v) is 7.31. The Kier molecular flexibility index (Phi) is 3.16. The van der Waals surface area contributed by atoms with Crippen LogP contribution in [0.25, 0.3) is 5.57 Å². The molecule has 0 saturated heterocycles. The maximum atomic E-state index is 13.2. The van der Waals surface area contributed by atoms with Crippen molar-refractivity contribution in [3.8, 4) is 5.75 Å². The van der Waals surface area contributed by atoms with E-state index < -0.39 is 5.54 Å². The summed E-state index contributed by atoms with van der Waals surface area (Å²) in [5, 5.41) is 9.46. The first-order valence-corrected chi connectivity index (χ1v) is 8.35. The number of hydrogen-bond acceptors (Lipinski definition) is 3. The van der Waals surface area contributed by atoms with E-state index in [0.717, 1.165) is 22.4 Å². The summed E-state index contributed by atoms with van der Waals surface area (Å²) < 4.78 is 0. The summed E-state index contributed by atoms with van der Waals surface area (Å²) in [7, 11) is 0. The first kappa shape index (κ1) is 15.6. The number of allylic oxidation sites excluding steroid dienone is 1. The number of carbonyl (C=O) groups is 1. The van der Waals surface area contributed by atoms with E-state index in [4.69, 9.17) is 0 Å². The van der Waals surface area contributed by atoms with Crippen molar-refractivity contribution in [1.82, 2.24) is 0 Å². The lowest BCUT2D eigenvalue weighted by Crippen LogP contribution is -2.47. The SMILES string of the molecule is CC1=CC(C)(C)N2C(=O)C(=Nc3ccc(O)cc3)c3cc(C)cc1c32. The van der Waals surface area contributed by atoms with Crippen molar-refractivity contribution in [3.63, 3.8) is 0 Å². The number of hydrogen-bond donors (Lipinski definition) is 1. The van der Waals surface area contributed by atoms with Crippen molar-refractivity contribution in [2.75, 3.05) is 4.90 Å². The Hall–Kier alpha value is -2.88. The van der Waals surface area contributed by atoms with E-state index in [2.05, 4.69) is 24.1 Å². The molecule has 2 aliphatic heterocycles. The van der Waals surface area contributed by atoms with Gasteiger partial charge in [-0.3, -0.25) is 9.69 Å². The van der Waals surface area contributed by atoms with Crippen LogP contribution in [-0.4, -0.2) is 22.3 Å². The van der Waals surface area contributed by atoms with E-state index in [-0.39, 0.29) is 11.7 Å². The summed E-state index contributed by atoms with van der Waals surface area (Å²) in [5.74, 6) is 0.101. The van der Waals surface area contributed by atoms with Gasteiger partial charge in [-0.25, -0.2) is 4.99 Å². The van der Waals surface area contributed by atoms with Crippen molar-refractivity contribution >= 4 is 28.6 Å². The highest BCUT2D eigenvalue weighted by Crippen LogP contribution is 2.46. The van der Waals surface area contributed by atoms with Gasteiger partial charge in [0, 0.05) is 11.1 Å². The third-order valence-corrected chi connectivity index (χ3v) is 4.80. The van der Waals surface area contributed by atoms with Crippen LogP contribution in [0.2, 0.25) is 0 Å². The van der Waals surface area contributed by atoms with Gasteiger partial charge in [-0.2, -0.15) is 0 Å². The molecule has 0 atom stereocenters. The van der Waals surface area contributed by atoms with E-state index >= 15 is 0 Å². The zero-order valence-corrected chi connectivity index (χ0v) is 14.8. The minimum Gasteiger partial charge on any atom is -0.508 e. The van der Waals surface area contributed by atoms with Crippen LogP contribution in [-0.2, 0) is 4.79 Å². The zero-order valence-electron chi connectivity index (χ0n) is 14.8. The van der Waals surface area contributed by atoms with Gasteiger partial charge in [0.05, 0.1) is 16.9 Å². The van der Waals surface area contributed by atoms with Crippen molar-refractivity contribution in [2.45, 2.75) is 33.2 Å². The topological polar surface area (TPSA) is 52.9 Å². The molecule has 2 aromatic rings. The van der Waals surface area contributed by atoms with Gasteiger partial charge in [0.2, 0.25) is 0 Å². The molecule has 25 heavy (non-hydrogen) atoms. The van der Waals surface area contributed by atoms with Crippen LogP contribution >= 0.6 is 0 Å². The molecule has 2 aliphatic rings. The summed E-state index contributed by atoms with van der Waals surface area (Å²) >= 11 is 0. The smallest absolute Gasteiger partial charge is 0.278 e. The van der Waals surface area contributed by atoms with Crippen LogP contribution in [0.5, 0.6) is 5.75 Å². The number of aromatic hydroxyl groups is 1. The number of aliphatic imine (C=N–C) groups is 1. The molecule has 0 saturated carbocycles. The molecule has 2 aromatic carbocycles. The van der Waals surface area contributed by atoms with Crippen LogP contribution < -0.4 is 4.90 Å². The molecule has 4 heteroatoms. The van der Waals surface area contributed by atoms with Crippen LogP contribution in [0.15, 0.2) is 47.5 Å². The van der Waals surface area contributed by atoms with Gasteiger partial charge in [0.1, 0.15) is 11.5 Å². The number of aryl methyl sites for hydroxylation is 1. The van der Waals surface area contributed by atoms with E-state index in [9.17, 15) is 9.90 Å². The number of phenols is 1. The van der Waals surface area contributed by atoms with Gasteiger partial charge in [0.25, 0.3) is 5.91 Å². The predicted molar refractivity (Wildman–Crippen MR) is 101 cm³/mol. The van der Waals surface area contributed by atoms with Gasteiger partial charge in [-0.1, -0.05) is 6.08 Å². The van der Waals surface area contributed by atoms with Crippen LogP contribution in [0.4, 0.5) is 11.4 Å². The molecule has 0 spiro atoms. The highest BCUT2D eigenvalue weighted by molar-refractivity contribution is 6.55. The number of benzene rings is 2. The molecular formula is C21H20N2O2. The largest absolute Gasteiger partial charge is 0.508 e. The maximum absolute atomic E-state index is 13.2. The van der Waals surface area contributed by atoms with Crippen molar-refractivity contribution in [1.29, 1.82) is 0 Å². The minimum absolute atomic E-state index is 0.0799. The van der Waals surface area contributed by atoms with E-state index in [1.807, 2.05) is 31.7 Å². The Bertz CT molecular complexity index is 966. The average molecular weight is 332 g/mol. The maximum Gasteiger partial charge on any atom is 0.278 e. The number of amides is 1. The first-order valence-electron chi connectivity index (χ1n) is 8.35. The van der Waals surface area contributed by atoms with Crippen molar-refractivity contribution in [2.24, 2.45) is 4.99 Å². The minimum atomic E-state index is -0.398. The lowest BCUT2D eigenvalue weighted by atomic mass is 9.88. The Morgan fingerprint density at radius 3 is 2.36 bits per heavy atom. The lowest BCUT2D eigenvalue weighted by molar-refractivity contribution is -0.112. The molecule has 0 fully saturated rings. The molecule has 126 valence electrons. The van der Waals surface area contributed by atoms with E-state index in [1.165, 1.54) is 5.57 Å². The fraction of sp³-hybridized carbons (Fsp3) is 0.238. The summed E-state index contributed by atoms with van der Waals surface area (Å²) in [6.07, 6.45) is 2.14. The molecule has 0 radical (unpaired) electrons. The van der Waals surface area contributed by atoms with Crippen molar-refractivity contribution < 1.29 is 9.90 Å². The molecule has 4 rings (SSSR count). The average Bonchev–Trinajstić information content (AvgIpc) is 2.80. The number of anilines is 1. The number of phenolic OH excluding ortho intramolecular Hbond substituents is 1. The predicted octanol–water partition coefficient (Wildman–Crippen LogP) is 4.36. The Labute approximate surface area is 147 Å². The highest BCUT2D eigenvalue weighted by Gasteiger charge is 2.45. The molecule has 0 unspecified atom stereocenters. The molecule has 2 heterocycles. The molecule has 1 N–H and O–H groups in total. The molecule has 0 aliphatic carbocycles. The van der Waals surface area contributed by atoms with Crippen LogP contribution in [0.1, 0.15) is 37.5 Å². The molecule has 1 amide bonds. The van der Waals surface area contributed by atoms with Gasteiger partial charge < -0.3 is 5.11 Å². The highest BCUT2D eigenvalue weighted by atomic mass is 16.3. The van der Waals surface area contributed by atoms with Crippen molar-refractivity contribution in [3.05, 3.63) is 59.2 Å². The zero-order chi connectivity index (χ0) is 17.9. The second kappa shape index (κ2) is 5.06. The van der Waals surface area contributed by atoms with Gasteiger partial charge in [-0.15, -0.1) is 0 Å². The van der Waals surface area contributed by atoms with Crippen LogP contribution in [0.3, 0.4) is 0 Å². The third-order valence-electron chi connectivity index (χ3n) is 4.80. The first-order chi connectivity index (χ1) is 11.8. The quantitative estimate of drug-likeness (QED) is 0.843. The fourth-order valence-electron chi connectivity index (χ4n) is 3.81. The summed E-state index contributed by atoms with van der Waals surface area (Å²) in [4.78, 5) is 19.7. The monoisotopic (exact) mass is 332 g/mol. The van der Waals surface area contributed by atoms with E-state index in [1.54, 1.807) is 24.3 Å². The molecule has 0 aromatic heterocycles.